The fourth-order valence-corrected chi connectivity index (χ4v) is 2.27. The SMILES string of the molecule is O=C1C=Cc2ccccc2/C1=C/c1[nH]c(=S)[nH]c1O. The van der Waals surface area contributed by atoms with Crippen molar-refractivity contribution in [3.63, 3.8) is 0 Å². The van der Waals surface area contributed by atoms with Crippen molar-refractivity contribution < 1.29 is 9.90 Å². The standard InChI is InChI=1S/C14H10N2O2S/c17-12-6-5-8-3-1-2-4-9(8)10(12)7-11-13(18)16-14(19)15-11/h1-7,18H,(H2,15,16,19)/b10-7-. The zero-order valence-corrected chi connectivity index (χ0v) is 10.6. The van der Waals surface area contributed by atoms with Crippen LogP contribution in [0.1, 0.15) is 16.8 Å². The highest BCUT2D eigenvalue weighted by Crippen LogP contribution is 2.29. The summed E-state index contributed by atoms with van der Waals surface area (Å²) in [5.41, 5.74) is 2.74. The number of benzene rings is 1. The number of aromatic nitrogens is 2. The number of allylic oxidation sites excluding steroid dienone is 2. The number of aromatic amines is 2. The molecule has 4 nitrogen and oxygen atoms in total. The summed E-state index contributed by atoms with van der Waals surface area (Å²) in [4.78, 5) is 17.4. The predicted octanol–water partition coefficient (Wildman–Crippen LogP) is 2.91. The van der Waals surface area contributed by atoms with Gasteiger partial charge >= 0.3 is 0 Å². The van der Waals surface area contributed by atoms with Crippen molar-refractivity contribution in [2.75, 3.05) is 0 Å². The largest absolute Gasteiger partial charge is 0.493 e. The Morgan fingerprint density at radius 2 is 1.95 bits per heavy atom. The van der Waals surface area contributed by atoms with Gasteiger partial charge in [0, 0.05) is 5.57 Å². The molecule has 0 aliphatic heterocycles. The molecule has 0 bridgehead atoms. The molecule has 0 amide bonds. The molecule has 5 heteroatoms. The minimum atomic E-state index is -0.0985. The van der Waals surface area contributed by atoms with Crippen molar-refractivity contribution in [1.29, 1.82) is 0 Å². The van der Waals surface area contributed by atoms with E-state index in [1.54, 1.807) is 12.2 Å². The number of hydrogen-bond acceptors (Lipinski definition) is 3. The van der Waals surface area contributed by atoms with Gasteiger partial charge in [-0.25, -0.2) is 0 Å². The third-order valence-electron chi connectivity index (χ3n) is 2.95. The lowest BCUT2D eigenvalue weighted by Gasteiger charge is -2.12. The van der Waals surface area contributed by atoms with Crippen LogP contribution in [0.25, 0.3) is 17.7 Å². The van der Waals surface area contributed by atoms with Gasteiger partial charge in [0.25, 0.3) is 0 Å². The van der Waals surface area contributed by atoms with Crippen LogP contribution in [0.4, 0.5) is 0 Å². The van der Waals surface area contributed by atoms with Crippen LogP contribution < -0.4 is 0 Å². The quantitative estimate of drug-likeness (QED) is 0.551. The van der Waals surface area contributed by atoms with E-state index in [0.29, 0.717) is 16.0 Å². The Labute approximate surface area is 114 Å². The van der Waals surface area contributed by atoms with E-state index >= 15 is 0 Å². The van der Waals surface area contributed by atoms with E-state index in [1.165, 1.54) is 6.08 Å². The molecule has 3 N–H and O–H groups in total. The summed E-state index contributed by atoms with van der Waals surface area (Å²) in [6, 6.07) is 7.60. The summed E-state index contributed by atoms with van der Waals surface area (Å²) in [5, 5.41) is 9.67. The summed E-state index contributed by atoms with van der Waals surface area (Å²) in [6.45, 7) is 0. The Kier molecular flexibility index (Phi) is 2.68. The lowest BCUT2D eigenvalue weighted by Crippen LogP contribution is -2.04. The number of carbonyl (C=O) groups is 1. The van der Waals surface area contributed by atoms with Crippen molar-refractivity contribution in [3.05, 3.63) is 51.9 Å². The molecule has 2 aromatic rings. The first-order chi connectivity index (χ1) is 9.15. The topological polar surface area (TPSA) is 68.9 Å². The van der Waals surface area contributed by atoms with E-state index in [9.17, 15) is 9.90 Å². The monoisotopic (exact) mass is 270 g/mol. The molecule has 3 rings (SSSR count). The number of fused-ring (bicyclic) bond motifs is 1. The number of aromatic hydroxyl groups is 1. The maximum atomic E-state index is 12.0. The lowest BCUT2D eigenvalue weighted by molar-refractivity contribution is -0.109. The first kappa shape index (κ1) is 11.7. The number of rotatable bonds is 1. The van der Waals surface area contributed by atoms with E-state index in [-0.39, 0.29) is 11.7 Å². The molecule has 19 heavy (non-hydrogen) atoms. The first-order valence-corrected chi connectivity index (χ1v) is 6.11. The van der Waals surface area contributed by atoms with Gasteiger partial charge in [-0.1, -0.05) is 30.3 Å². The molecule has 1 aromatic carbocycles. The molecule has 0 radical (unpaired) electrons. The summed E-state index contributed by atoms with van der Waals surface area (Å²) in [5.74, 6) is -0.170. The van der Waals surface area contributed by atoms with E-state index in [0.717, 1.165) is 11.1 Å². The Morgan fingerprint density at radius 1 is 1.16 bits per heavy atom. The molecule has 0 fully saturated rings. The second kappa shape index (κ2) is 4.37. The molecule has 1 aliphatic rings. The molecular formula is C14H10N2O2S. The highest BCUT2D eigenvalue weighted by atomic mass is 32.1. The zero-order chi connectivity index (χ0) is 13.4. The van der Waals surface area contributed by atoms with Gasteiger partial charge < -0.3 is 15.1 Å². The summed E-state index contributed by atoms with van der Waals surface area (Å²) in [6.07, 6.45) is 4.91. The van der Waals surface area contributed by atoms with Crippen molar-refractivity contribution in [3.8, 4) is 5.88 Å². The Balaban J connectivity index is 2.19. The average Bonchev–Trinajstić information content (AvgIpc) is 2.71. The van der Waals surface area contributed by atoms with Crippen LogP contribution in [-0.4, -0.2) is 20.9 Å². The number of ketones is 1. The van der Waals surface area contributed by atoms with E-state index < -0.39 is 0 Å². The number of H-pyrrole nitrogens is 2. The molecule has 0 saturated heterocycles. The molecule has 0 atom stereocenters. The molecule has 1 aliphatic carbocycles. The summed E-state index contributed by atoms with van der Waals surface area (Å²) < 4.78 is 0.316. The van der Waals surface area contributed by atoms with Gasteiger partial charge in [-0.2, -0.15) is 0 Å². The summed E-state index contributed by atoms with van der Waals surface area (Å²) >= 11 is 4.90. The smallest absolute Gasteiger partial charge is 0.215 e. The highest BCUT2D eigenvalue weighted by Gasteiger charge is 2.17. The van der Waals surface area contributed by atoms with Gasteiger partial charge in [0.1, 0.15) is 5.69 Å². The number of nitrogens with one attached hydrogen (secondary N) is 2. The van der Waals surface area contributed by atoms with Crippen molar-refractivity contribution in [1.82, 2.24) is 9.97 Å². The molecule has 1 heterocycles. The van der Waals surface area contributed by atoms with Gasteiger partial charge in [-0.05, 0) is 35.5 Å². The van der Waals surface area contributed by atoms with E-state index in [2.05, 4.69) is 9.97 Å². The molecule has 0 unspecified atom stereocenters. The number of imidazole rings is 1. The van der Waals surface area contributed by atoms with Crippen molar-refractivity contribution in [2.45, 2.75) is 0 Å². The second-order valence-corrected chi connectivity index (χ2v) is 4.59. The fraction of sp³-hybridized carbons (Fsp3) is 0. The van der Waals surface area contributed by atoms with Crippen molar-refractivity contribution >= 4 is 35.7 Å². The second-order valence-electron chi connectivity index (χ2n) is 4.18. The van der Waals surface area contributed by atoms with Crippen LogP contribution in [-0.2, 0) is 4.79 Å². The normalized spacial score (nSPS) is 15.8. The fourth-order valence-electron chi connectivity index (χ4n) is 2.06. The Bertz CT molecular complexity index is 781. The predicted molar refractivity (Wildman–Crippen MR) is 76.0 cm³/mol. The highest BCUT2D eigenvalue weighted by molar-refractivity contribution is 7.71. The molecule has 0 saturated carbocycles. The average molecular weight is 270 g/mol. The maximum absolute atomic E-state index is 12.0. The zero-order valence-electron chi connectivity index (χ0n) is 9.81. The van der Waals surface area contributed by atoms with Crippen LogP contribution in [0.15, 0.2) is 30.3 Å². The van der Waals surface area contributed by atoms with Crippen LogP contribution in [0.5, 0.6) is 5.88 Å². The molecular weight excluding hydrogens is 260 g/mol. The molecule has 0 spiro atoms. The first-order valence-electron chi connectivity index (χ1n) is 5.70. The number of hydrogen-bond donors (Lipinski definition) is 3. The Morgan fingerprint density at radius 3 is 2.68 bits per heavy atom. The van der Waals surface area contributed by atoms with Gasteiger partial charge in [0.2, 0.25) is 5.88 Å². The van der Waals surface area contributed by atoms with Crippen LogP contribution >= 0.6 is 12.2 Å². The lowest BCUT2D eigenvalue weighted by atomic mass is 9.91. The minimum absolute atomic E-state index is 0.0719. The third kappa shape index (κ3) is 2.04. The third-order valence-corrected chi connectivity index (χ3v) is 3.16. The van der Waals surface area contributed by atoms with Crippen molar-refractivity contribution in [2.24, 2.45) is 0 Å². The van der Waals surface area contributed by atoms with Crippen LogP contribution in [0.2, 0.25) is 0 Å². The van der Waals surface area contributed by atoms with Crippen LogP contribution in [0.3, 0.4) is 0 Å². The Hall–Kier alpha value is -2.40. The molecule has 1 aromatic heterocycles. The summed E-state index contributed by atoms with van der Waals surface area (Å²) in [7, 11) is 0. The van der Waals surface area contributed by atoms with Gasteiger partial charge in [0.05, 0.1) is 0 Å². The van der Waals surface area contributed by atoms with E-state index in [1.807, 2.05) is 24.3 Å². The minimum Gasteiger partial charge on any atom is -0.493 e. The van der Waals surface area contributed by atoms with Gasteiger partial charge in [0.15, 0.2) is 10.6 Å². The molecule has 94 valence electrons. The van der Waals surface area contributed by atoms with Gasteiger partial charge in [-0.3, -0.25) is 4.79 Å². The van der Waals surface area contributed by atoms with Crippen LogP contribution in [0, 0.1) is 4.77 Å². The van der Waals surface area contributed by atoms with E-state index in [4.69, 9.17) is 12.2 Å². The van der Waals surface area contributed by atoms with Gasteiger partial charge in [-0.15, -0.1) is 0 Å². The number of carbonyl (C=O) groups excluding carboxylic acids is 1. The maximum Gasteiger partial charge on any atom is 0.215 e.